The van der Waals surface area contributed by atoms with E-state index in [9.17, 15) is 5.11 Å². The number of β-amino-alcohol motifs (C(OH)–C–C–N with tert-alkyl or cyclic N) is 1. The second-order valence-corrected chi connectivity index (χ2v) is 6.94. The second kappa shape index (κ2) is 7.51. The predicted molar refractivity (Wildman–Crippen MR) is 89.3 cm³/mol. The number of hydrogen-bond acceptors (Lipinski definition) is 7. The molecule has 1 aromatic carbocycles. The van der Waals surface area contributed by atoms with Crippen LogP contribution < -0.4 is 10.1 Å². The number of hydrogen-bond donors (Lipinski definition) is 2. The van der Waals surface area contributed by atoms with Crippen LogP contribution in [-0.4, -0.2) is 39.5 Å². The van der Waals surface area contributed by atoms with Crippen LogP contribution in [0.2, 0.25) is 0 Å². The summed E-state index contributed by atoms with van der Waals surface area (Å²) in [4.78, 5) is 0.744. The fourth-order valence-electron chi connectivity index (χ4n) is 1.83. The lowest BCUT2D eigenvalue weighted by atomic mass is 10.1. The van der Waals surface area contributed by atoms with E-state index in [1.807, 2.05) is 39.0 Å². The summed E-state index contributed by atoms with van der Waals surface area (Å²) in [5, 5.41) is 25.9. The van der Waals surface area contributed by atoms with Gasteiger partial charge in [-0.25, -0.2) is 0 Å². The first-order valence-electron chi connectivity index (χ1n) is 7.28. The van der Waals surface area contributed by atoms with Gasteiger partial charge in [-0.05, 0) is 62.1 Å². The van der Waals surface area contributed by atoms with Crippen molar-refractivity contribution in [3.05, 3.63) is 30.0 Å². The van der Waals surface area contributed by atoms with Gasteiger partial charge in [0.15, 0.2) is 5.69 Å². The molecule has 7 heteroatoms. The molecular formula is C16H20N4O2S. The maximum Gasteiger partial charge on any atom is 0.183 e. The molecule has 0 amide bonds. The largest absolute Gasteiger partial charge is 0.491 e. The fraction of sp³-hybridized carbons (Fsp3) is 0.438. The minimum atomic E-state index is -0.579. The summed E-state index contributed by atoms with van der Waals surface area (Å²) in [6.45, 7) is 6.82. The Labute approximate surface area is 139 Å². The Morgan fingerprint density at radius 3 is 2.65 bits per heavy atom. The molecule has 6 nitrogen and oxygen atoms in total. The molecule has 0 saturated carbocycles. The number of aliphatic hydroxyl groups excluding tert-OH is 1. The highest BCUT2D eigenvalue weighted by atomic mass is 32.1. The van der Waals surface area contributed by atoms with E-state index >= 15 is 0 Å². The van der Waals surface area contributed by atoms with Gasteiger partial charge in [0.25, 0.3) is 0 Å². The van der Waals surface area contributed by atoms with Gasteiger partial charge in [0.2, 0.25) is 0 Å². The van der Waals surface area contributed by atoms with Gasteiger partial charge in [0.1, 0.15) is 24.5 Å². The third-order valence-electron chi connectivity index (χ3n) is 3.02. The summed E-state index contributed by atoms with van der Waals surface area (Å²) >= 11 is 1.19. The van der Waals surface area contributed by atoms with Gasteiger partial charge in [-0.15, -0.1) is 5.10 Å². The zero-order valence-corrected chi connectivity index (χ0v) is 14.2. The Kier molecular flexibility index (Phi) is 5.66. The van der Waals surface area contributed by atoms with Crippen molar-refractivity contribution in [3.63, 3.8) is 0 Å². The van der Waals surface area contributed by atoms with E-state index in [0.717, 1.165) is 10.4 Å². The standard InChI is InChI=1S/C16H20N4O2S/c1-16(2,3)18-9-12(21)10-22-13-6-4-11(5-7-13)15-14(8-17)19-20-23-15/h4-7,12,18,21H,9-10H2,1-3H3. The van der Waals surface area contributed by atoms with Gasteiger partial charge in [0, 0.05) is 12.1 Å². The van der Waals surface area contributed by atoms with E-state index in [0.29, 0.717) is 18.0 Å². The Morgan fingerprint density at radius 1 is 1.35 bits per heavy atom. The van der Waals surface area contributed by atoms with Crippen LogP contribution in [0.4, 0.5) is 0 Å². The van der Waals surface area contributed by atoms with E-state index in [1.165, 1.54) is 11.5 Å². The molecule has 2 aromatic rings. The molecule has 1 atom stereocenters. The molecule has 1 heterocycles. The topological polar surface area (TPSA) is 91.1 Å². The van der Waals surface area contributed by atoms with Gasteiger partial charge < -0.3 is 15.2 Å². The van der Waals surface area contributed by atoms with Crippen molar-refractivity contribution in [3.8, 4) is 22.3 Å². The fourth-order valence-corrected chi connectivity index (χ4v) is 2.45. The van der Waals surface area contributed by atoms with Crippen LogP contribution in [0.3, 0.4) is 0 Å². The molecule has 23 heavy (non-hydrogen) atoms. The van der Waals surface area contributed by atoms with Gasteiger partial charge in [-0.1, -0.05) is 4.49 Å². The first kappa shape index (κ1) is 17.3. The highest BCUT2D eigenvalue weighted by Gasteiger charge is 2.13. The highest BCUT2D eigenvalue weighted by molar-refractivity contribution is 7.09. The molecule has 1 unspecified atom stereocenters. The number of nitrogens with zero attached hydrogens (tertiary/aromatic N) is 3. The van der Waals surface area contributed by atoms with Crippen molar-refractivity contribution < 1.29 is 9.84 Å². The molecule has 0 aliphatic carbocycles. The van der Waals surface area contributed by atoms with E-state index in [4.69, 9.17) is 10.00 Å². The Balaban J connectivity index is 1.90. The molecule has 1 aromatic heterocycles. The maximum atomic E-state index is 9.91. The summed E-state index contributed by atoms with van der Waals surface area (Å²) in [5.41, 5.74) is 1.16. The summed E-state index contributed by atoms with van der Waals surface area (Å²) in [7, 11) is 0. The molecule has 2 N–H and O–H groups in total. The summed E-state index contributed by atoms with van der Waals surface area (Å²) in [6.07, 6.45) is -0.579. The summed E-state index contributed by atoms with van der Waals surface area (Å²) in [5.74, 6) is 0.666. The third kappa shape index (κ3) is 5.28. The van der Waals surface area contributed by atoms with Crippen LogP contribution in [0.15, 0.2) is 24.3 Å². The van der Waals surface area contributed by atoms with Crippen LogP contribution in [-0.2, 0) is 0 Å². The van der Waals surface area contributed by atoms with Gasteiger partial charge in [-0.2, -0.15) is 5.26 Å². The number of rotatable bonds is 6. The maximum absolute atomic E-state index is 9.91. The number of ether oxygens (including phenoxy) is 1. The first-order chi connectivity index (χ1) is 10.9. The van der Waals surface area contributed by atoms with Crippen LogP contribution in [0, 0.1) is 11.3 Å². The van der Waals surface area contributed by atoms with Crippen molar-refractivity contribution >= 4 is 11.5 Å². The minimum absolute atomic E-state index is 0.0378. The van der Waals surface area contributed by atoms with Crippen LogP contribution in [0.1, 0.15) is 26.5 Å². The lowest BCUT2D eigenvalue weighted by Gasteiger charge is -2.22. The Morgan fingerprint density at radius 2 is 2.04 bits per heavy atom. The lowest BCUT2D eigenvalue weighted by Crippen LogP contribution is -2.42. The number of benzene rings is 1. The van der Waals surface area contributed by atoms with Gasteiger partial charge in [0.05, 0.1) is 4.88 Å². The molecule has 0 fully saturated rings. The molecule has 0 saturated heterocycles. The van der Waals surface area contributed by atoms with E-state index in [1.54, 1.807) is 12.1 Å². The van der Waals surface area contributed by atoms with E-state index < -0.39 is 6.10 Å². The molecule has 0 spiro atoms. The number of aliphatic hydroxyl groups is 1. The molecule has 0 radical (unpaired) electrons. The van der Waals surface area contributed by atoms with Gasteiger partial charge >= 0.3 is 0 Å². The van der Waals surface area contributed by atoms with Crippen LogP contribution in [0.25, 0.3) is 10.4 Å². The van der Waals surface area contributed by atoms with E-state index in [-0.39, 0.29) is 12.1 Å². The third-order valence-corrected chi connectivity index (χ3v) is 3.80. The average Bonchev–Trinajstić information content (AvgIpc) is 2.99. The molecule has 2 rings (SSSR count). The Bertz CT molecular complexity index is 671. The zero-order chi connectivity index (χ0) is 16.9. The number of nitriles is 1. The summed E-state index contributed by atoms with van der Waals surface area (Å²) < 4.78 is 9.37. The Hall–Kier alpha value is -2.01. The first-order valence-corrected chi connectivity index (χ1v) is 8.05. The SMILES string of the molecule is CC(C)(C)NCC(O)COc1ccc(-c2snnc2C#N)cc1. The van der Waals surface area contributed by atoms with Crippen molar-refractivity contribution in [2.45, 2.75) is 32.4 Å². The quantitative estimate of drug-likeness (QED) is 0.843. The second-order valence-electron chi connectivity index (χ2n) is 6.18. The van der Waals surface area contributed by atoms with Crippen molar-refractivity contribution in [1.29, 1.82) is 5.26 Å². The zero-order valence-electron chi connectivity index (χ0n) is 13.4. The monoisotopic (exact) mass is 332 g/mol. The van der Waals surface area contributed by atoms with Crippen molar-refractivity contribution in [2.24, 2.45) is 0 Å². The van der Waals surface area contributed by atoms with Crippen LogP contribution in [0.5, 0.6) is 5.75 Å². The minimum Gasteiger partial charge on any atom is -0.491 e. The molecule has 0 aliphatic rings. The number of nitrogens with one attached hydrogen (secondary N) is 1. The molecule has 0 aliphatic heterocycles. The summed E-state index contributed by atoms with van der Waals surface area (Å²) in [6, 6.07) is 9.34. The normalized spacial score (nSPS) is 12.7. The van der Waals surface area contributed by atoms with Crippen LogP contribution >= 0.6 is 11.5 Å². The van der Waals surface area contributed by atoms with Crippen molar-refractivity contribution in [1.82, 2.24) is 14.9 Å². The van der Waals surface area contributed by atoms with E-state index in [2.05, 4.69) is 14.9 Å². The predicted octanol–water partition coefficient (Wildman–Crippen LogP) is 2.20. The molecule has 0 bridgehead atoms. The average molecular weight is 332 g/mol. The lowest BCUT2D eigenvalue weighted by molar-refractivity contribution is 0.100. The highest BCUT2D eigenvalue weighted by Crippen LogP contribution is 2.27. The van der Waals surface area contributed by atoms with Gasteiger partial charge in [-0.3, -0.25) is 0 Å². The molecular weight excluding hydrogens is 312 g/mol. The van der Waals surface area contributed by atoms with Crippen molar-refractivity contribution in [2.75, 3.05) is 13.2 Å². The molecule has 122 valence electrons. The number of aromatic nitrogens is 2. The smallest absolute Gasteiger partial charge is 0.183 e.